The molecule has 0 spiro atoms. The monoisotopic (exact) mass is 553 g/mol. The van der Waals surface area contributed by atoms with Crippen molar-refractivity contribution in [1.29, 1.82) is 0 Å². The van der Waals surface area contributed by atoms with Crippen molar-refractivity contribution in [2.45, 2.75) is 64.6 Å². The van der Waals surface area contributed by atoms with Crippen molar-refractivity contribution in [1.82, 2.24) is 15.5 Å². The molecule has 10 nitrogen and oxygen atoms in total. The molecule has 2 aromatic rings. The van der Waals surface area contributed by atoms with Crippen LogP contribution < -0.4 is 15.4 Å². The zero-order valence-electron chi connectivity index (χ0n) is 23.7. The summed E-state index contributed by atoms with van der Waals surface area (Å²) < 4.78 is 5.47. The maximum absolute atomic E-state index is 13.5. The van der Waals surface area contributed by atoms with Gasteiger partial charge in [-0.1, -0.05) is 57.2 Å². The van der Waals surface area contributed by atoms with Crippen LogP contribution in [0.4, 0.5) is 0 Å². The lowest BCUT2D eigenvalue weighted by molar-refractivity contribution is -0.143. The highest BCUT2D eigenvalue weighted by Crippen LogP contribution is 2.34. The third kappa shape index (κ3) is 7.81. The Labute approximate surface area is 234 Å². The van der Waals surface area contributed by atoms with Gasteiger partial charge in [-0.05, 0) is 41.6 Å². The number of hydrogen-bond donors (Lipinski definition) is 4. The van der Waals surface area contributed by atoms with E-state index in [4.69, 9.17) is 4.74 Å². The number of fused-ring (bicyclic) bond motifs is 1. The van der Waals surface area contributed by atoms with E-state index < -0.39 is 36.0 Å². The molecule has 0 aromatic heterocycles. The Kier molecular flexibility index (Phi) is 9.92. The van der Waals surface area contributed by atoms with Gasteiger partial charge in [0.1, 0.15) is 23.9 Å². The molecule has 2 amide bonds. The van der Waals surface area contributed by atoms with Crippen LogP contribution in [0.5, 0.6) is 5.75 Å². The van der Waals surface area contributed by atoms with Crippen molar-refractivity contribution in [3.8, 4) is 5.75 Å². The van der Waals surface area contributed by atoms with Gasteiger partial charge in [-0.25, -0.2) is 9.59 Å². The van der Waals surface area contributed by atoms with Crippen LogP contribution in [0.1, 0.15) is 55.5 Å². The molecule has 40 heavy (non-hydrogen) atoms. The average molecular weight is 554 g/mol. The molecule has 10 heteroatoms. The maximum Gasteiger partial charge on any atom is 0.326 e. The number of nitrogens with one attached hydrogen (secondary N) is 2. The number of nitrogens with zero attached hydrogens (tertiary/aromatic N) is 1. The second kappa shape index (κ2) is 13.0. The largest absolute Gasteiger partial charge is 0.496 e. The van der Waals surface area contributed by atoms with Gasteiger partial charge in [0.25, 0.3) is 0 Å². The topological polar surface area (TPSA) is 145 Å². The van der Waals surface area contributed by atoms with Gasteiger partial charge in [0.15, 0.2) is 0 Å². The van der Waals surface area contributed by atoms with Gasteiger partial charge < -0.3 is 25.6 Å². The SMILES string of the molecule is COc1cccc2c1CCN(C)C2C(=O)NC(Cc1ccccc1CC(NC(=O)CC(C)(C)C)C(=O)O)C(=O)O. The van der Waals surface area contributed by atoms with Gasteiger partial charge in [-0.3, -0.25) is 14.5 Å². The number of methoxy groups -OCH3 is 1. The highest BCUT2D eigenvalue weighted by atomic mass is 16.5. The van der Waals surface area contributed by atoms with E-state index in [0.717, 1.165) is 11.1 Å². The van der Waals surface area contributed by atoms with Crippen LogP contribution in [0.15, 0.2) is 42.5 Å². The smallest absolute Gasteiger partial charge is 0.326 e. The number of rotatable bonds is 11. The molecule has 4 N–H and O–H groups in total. The van der Waals surface area contributed by atoms with E-state index in [1.54, 1.807) is 37.4 Å². The molecule has 0 aliphatic carbocycles. The Morgan fingerprint density at radius 1 is 0.950 bits per heavy atom. The van der Waals surface area contributed by atoms with Crippen molar-refractivity contribution >= 4 is 23.8 Å². The minimum absolute atomic E-state index is 0.0276. The molecule has 3 unspecified atom stereocenters. The van der Waals surface area contributed by atoms with E-state index in [1.807, 2.05) is 44.9 Å². The number of carboxylic acids is 2. The normalized spacial score (nSPS) is 16.8. The standard InChI is InChI=1S/C30H39N3O7/c1-30(2,3)17-25(34)31-22(28(36)37)15-18-9-6-7-10-19(18)16-23(29(38)39)32-27(35)26-21-11-8-12-24(40-5)20(21)13-14-33(26)4/h6-12,22-23,26H,13-17H2,1-5H3,(H,31,34)(H,32,35)(H,36,37)(H,38,39). The number of carbonyl (C=O) groups is 4. The molecule has 0 radical (unpaired) electrons. The summed E-state index contributed by atoms with van der Waals surface area (Å²) in [5, 5.41) is 25.1. The second-order valence-electron chi connectivity index (χ2n) is 11.4. The van der Waals surface area contributed by atoms with Gasteiger partial charge in [-0.2, -0.15) is 0 Å². The van der Waals surface area contributed by atoms with E-state index in [9.17, 15) is 29.4 Å². The predicted octanol–water partition coefficient (Wildman–Crippen LogP) is 2.58. The summed E-state index contributed by atoms with van der Waals surface area (Å²) in [4.78, 5) is 52.0. The predicted molar refractivity (Wildman–Crippen MR) is 149 cm³/mol. The molecule has 0 saturated heterocycles. The number of benzene rings is 2. The minimum Gasteiger partial charge on any atom is -0.496 e. The highest BCUT2D eigenvalue weighted by molar-refractivity contribution is 5.89. The molecule has 0 bridgehead atoms. The van der Waals surface area contributed by atoms with Gasteiger partial charge in [0.05, 0.1) is 7.11 Å². The fraction of sp³-hybridized carbons (Fsp3) is 0.467. The number of aliphatic carboxylic acids is 2. The van der Waals surface area contributed by atoms with Crippen LogP contribution in [0.25, 0.3) is 0 Å². The van der Waals surface area contributed by atoms with Crippen LogP contribution in [-0.4, -0.2) is 71.7 Å². The van der Waals surface area contributed by atoms with Crippen LogP contribution >= 0.6 is 0 Å². The quantitative estimate of drug-likeness (QED) is 0.332. The molecule has 216 valence electrons. The number of carbonyl (C=O) groups excluding carboxylic acids is 2. The van der Waals surface area contributed by atoms with E-state index in [1.165, 1.54) is 0 Å². The number of amides is 2. The summed E-state index contributed by atoms with van der Waals surface area (Å²) in [6.07, 6.45) is 0.781. The average Bonchev–Trinajstić information content (AvgIpc) is 2.86. The zero-order chi connectivity index (χ0) is 29.6. The van der Waals surface area contributed by atoms with Crippen molar-refractivity contribution < 1.29 is 34.1 Å². The lowest BCUT2D eigenvalue weighted by Gasteiger charge is -2.34. The van der Waals surface area contributed by atoms with Crippen molar-refractivity contribution in [2.75, 3.05) is 20.7 Å². The lowest BCUT2D eigenvalue weighted by Crippen LogP contribution is -2.49. The third-order valence-corrected chi connectivity index (χ3v) is 6.99. The van der Waals surface area contributed by atoms with Crippen molar-refractivity contribution in [2.24, 2.45) is 5.41 Å². The Bertz CT molecular complexity index is 1250. The van der Waals surface area contributed by atoms with Gasteiger partial charge in [0, 0.05) is 31.4 Å². The van der Waals surface area contributed by atoms with Gasteiger partial charge in [0.2, 0.25) is 11.8 Å². The summed E-state index contributed by atoms with van der Waals surface area (Å²) in [5.74, 6) is -2.52. The molecule has 3 rings (SSSR count). The first-order valence-corrected chi connectivity index (χ1v) is 13.3. The van der Waals surface area contributed by atoms with Crippen LogP contribution in [0.2, 0.25) is 0 Å². The fourth-order valence-electron chi connectivity index (χ4n) is 5.07. The number of ether oxygens (including phenoxy) is 1. The molecular formula is C30H39N3O7. The molecule has 1 aliphatic rings. The first kappa shape index (κ1) is 30.6. The summed E-state index contributed by atoms with van der Waals surface area (Å²) in [6.45, 7) is 6.26. The zero-order valence-corrected chi connectivity index (χ0v) is 23.7. The number of carboxylic acid groups (broad SMARTS) is 2. The summed E-state index contributed by atoms with van der Waals surface area (Å²) in [7, 11) is 3.39. The molecule has 1 aliphatic heterocycles. The lowest BCUT2D eigenvalue weighted by atomic mass is 9.90. The molecule has 0 saturated carbocycles. The molecule has 2 aromatic carbocycles. The molecular weight excluding hydrogens is 514 g/mol. The van der Waals surface area contributed by atoms with Gasteiger partial charge >= 0.3 is 11.9 Å². The number of likely N-dealkylation sites (N-methyl/N-ethyl adjacent to an activating group) is 1. The van der Waals surface area contributed by atoms with Crippen LogP contribution in [-0.2, 0) is 38.4 Å². The highest BCUT2D eigenvalue weighted by Gasteiger charge is 2.35. The second-order valence-corrected chi connectivity index (χ2v) is 11.4. The summed E-state index contributed by atoms with van der Waals surface area (Å²) in [5.41, 5.74) is 2.54. The maximum atomic E-state index is 13.5. The van der Waals surface area contributed by atoms with E-state index >= 15 is 0 Å². The Balaban J connectivity index is 1.80. The summed E-state index contributed by atoms with van der Waals surface area (Å²) in [6, 6.07) is 9.24. The molecule has 0 fully saturated rings. The van der Waals surface area contributed by atoms with Gasteiger partial charge in [-0.15, -0.1) is 0 Å². The van der Waals surface area contributed by atoms with E-state index in [-0.39, 0.29) is 30.6 Å². The molecule has 3 atom stereocenters. The third-order valence-electron chi connectivity index (χ3n) is 6.99. The Morgan fingerprint density at radius 2 is 1.52 bits per heavy atom. The first-order valence-electron chi connectivity index (χ1n) is 13.3. The van der Waals surface area contributed by atoms with Crippen LogP contribution in [0.3, 0.4) is 0 Å². The van der Waals surface area contributed by atoms with Crippen molar-refractivity contribution in [3.05, 3.63) is 64.7 Å². The summed E-state index contributed by atoms with van der Waals surface area (Å²) >= 11 is 0. The van der Waals surface area contributed by atoms with E-state index in [0.29, 0.717) is 29.8 Å². The first-order chi connectivity index (χ1) is 18.8. The Morgan fingerprint density at radius 3 is 2.05 bits per heavy atom. The number of hydrogen-bond acceptors (Lipinski definition) is 6. The minimum atomic E-state index is -1.25. The fourth-order valence-corrected chi connectivity index (χ4v) is 5.07. The van der Waals surface area contributed by atoms with E-state index in [2.05, 4.69) is 10.6 Å². The molecule has 1 heterocycles. The van der Waals surface area contributed by atoms with Crippen LogP contribution in [0, 0.1) is 5.41 Å². The Hall–Kier alpha value is -3.92. The van der Waals surface area contributed by atoms with Crippen molar-refractivity contribution in [3.63, 3.8) is 0 Å².